The van der Waals surface area contributed by atoms with E-state index < -0.39 is 16.8 Å². The van der Waals surface area contributed by atoms with Gasteiger partial charge in [0.15, 0.2) is 5.75 Å². The Hall–Kier alpha value is -2.31. The SMILES string of the molecule is COc1ccc(N(CC(C)C(=O)O)C(C)C)cc1[N+](=O)[O-]. The van der Waals surface area contributed by atoms with Crippen molar-refractivity contribution in [3.05, 3.63) is 28.3 Å². The molecule has 21 heavy (non-hydrogen) atoms. The van der Waals surface area contributed by atoms with Crippen molar-refractivity contribution in [2.24, 2.45) is 5.92 Å². The van der Waals surface area contributed by atoms with Crippen LogP contribution < -0.4 is 9.64 Å². The van der Waals surface area contributed by atoms with Crippen molar-refractivity contribution in [2.45, 2.75) is 26.8 Å². The van der Waals surface area contributed by atoms with Crippen molar-refractivity contribution >= 4 is 17.3 Å². The first-order chi connectivity index (χ1) is 9.77. The highest BCUT2D eigenvalue weighted by Crippen LogP contribution is 2.32. The molecule has 0 spiro atoms. The van der Waals surface area contributed by atoms with Crippen LogP contribution in [0.1, 0.15) is 20.8 Å². The van der Waals surface area contributed by atoms with E-state index in [0.717, 1.165) is 0 Å². The number of nitrogens with zero attached hydrogens (tertiary/aromatic N) is 2. The monoisotopic (exact) mass is 296 g/mol. The summed E-state index contributed by atoms with van der Waals surface area (Å²) in [5.41, 5.74) is 0.467. The van der Waals surface area contributed by atoms with Crippen LogP contribution in [-0.4, -0.2) is 35.7 Å². The highest BCUT2D eigenvalue weighted by atomic mass is 16.6. The van der Waals surface area contributed by atoms with Gasteiger partial charge in [0.25, 0.3) is 0 Å². The van der Waals surface area contributed by atoms with Crippen LogP contribution in [0.3, 0.4) is 0 Å². The van der Waals surface area contributed by atoms with Gasteiger partial charge in [0.1, 0.15) is 0 Å². The van der Waals surface area contributed by atoms with Crippen molar-refractivity contribution in [1.82, 2.24) is 0 Å². The maximum Gasteiger partial charge on any atom is 0.312 e. The Labute approximate surface area is 123 Å². The maximum absolute atomic E-state index is 11.1. The summed E-state index contributed by atoms with van der Waals surface area (Å²) >= 11 is 0. The number of benzene rings is 1. The summed E-state index contributed by atoms with van der Waals surface area (Å²) < 4.78 is 4.97. The van der Waals surface area contributed by atoms with E-state index in [2.05, 4.69) is 0 Å². The standard InChI is InChI=1S/C14H20N2O5/c1-9(2)15(8-10(3)14(17)18)11-5-6-13(21-4)12(7-11)16(19)20/h5-7,9-10H,8H2,1-4H3,(H,17,18). The van der Waals surface area contributed by atoms with Gasteiger partial charge in [-0.2, -0.15) is 0 Å². The van der Waals surface area contributed by atoms with Gasteiger partial charge in [-0.1, -0.05) is 6.92 Å². The number of nitro benzene ring substituents is 1. The second-order valence-electron chi connectivity index (χ2n) is 5.10. The van der Waals surface area contributed by atoms with Gasteiger partial charge in [-0.05, 0) is 26.0 Å². The number of carbonyl (C=O) groups is 1. The molecule has 7 heteroatoms. The summed E-state index contributed by atoms with van der Waals surface area (Å²) in [7, 11) is 1.37. The molecular weight excluding hydrogens is 276 g/mol. The minimum absolute atomic E-state index is 0.0137. The zero-order valence-corrected chi connectivity index (χ0v) is 12.6. The molecule has 0 aliphatic rings. The van der Waals surface area contributed by atoms with E-state index in [4.69, 9.17) is 9.84 Å². The van der Waals surface area contributed by atoms with Crippen molar-refractivity contribution in [3.8, 4) is 5.75 Å². The number of hydrogen-bond donors (Lipinski definition) is 1. The molecule has 0 amide bonds. The van der Waals surface area contributed by atoms with Crippen LogP contribution in [-0.2, 0) is 4.79 Å². The number of carboxylic acid groups (broad SMARTS) is 1. The molecule has 1 aromatic carbocycles. The molecule has 0 aliphatic carbocycles. The Morgan fingerprint density at radius 3 is 2.48 bits per heavy atom. The second kappa shape index (κ2) is 6.92. The van der Waals surface area contributed by atoms with E-state index in [0.29, 0.717) is 5.69 Å². The third kappa shape index (κ3) is 4.08. The Balaban J connectivity index is 3.17. The average molecular weight is 296 g/mol. The van der Waals surface area contributed by atoms with Crippen molar-refractivity contribution in [2.75, 3.05) is 18.6 Å². The first-order valence-corrected chi connectivity index (χ1v) is 6.59. The van der Waals surface area contributed by atoms with Gasteiger partial charge in [-0.3, -0.25) is 14.9 Å². The third-order valence-corrected chi connectivity index (χ3v) is 3.21. The van der Waals surface area contributed by atoms with Crippen LogP contribution in [0.15, 0.2) is 18.2 Å². The molecule has 1 aromatic rings. The van der Waals surface area contributed by atoms with Gasteiger partial charge in [-0.15, -0.1) is 0 Å². The summed E-state index contributed by atoms with van der Waals surface area (Å²) in [4.78, 5) is 23.4. The van der Waals surface area contributed by atoms with Crippen LogP contribution in [0.2, 0.25) is 0 Å². The van der Waals surface area contributed by atoms with E-state index in [1.54, 1.807) is 13.0 Å². The molecule has 0 aliphatic heterocycles. The lowest BCUT2D eigenvalue weighted by molar-refractivity contribution is -0.385. The molecule has 0 fully saturated rings. The molecule has 0 radical (unpaired) electrons. The molecular formula is C14H20N2O5. The van der Waals surface area contributed by atoms with Gasteiger partial charge in [0.2, 0.25) is 0 Å². The van der Waals surface area contributed by atoms with Gasteiger partial charge >= 0.3 is 11.7 Å². The fourth-order valence-electron chi connectivity index (χ4n) is 1.99. The summed E-state index contributed by atoms with van der Waals surface area (Å²) in [6.45, 7) is 5.70. The number of methoxy groups -OCH3 is 1. The number of carboxylic acids is 1. The molecule has 0 bridgehead atoms. The smallest absolute Gasteiger partial charge is 0.312 e. The fourth-order valence-corrected chi connectivity index (χ4v) is 1.99. The lowest BCUT2D eigenvalue weighted by Crippen LogP contribution is -2.37. The molecule has 0 aromatic heterocycles. The predicted octanol–water partition coefficient (Wildman–Crippen LogP) is 2.54. The first-order valence-electron chi connectivity index (χ1n) is 6.59. The quantitative estimate of drug-likeness (QED) is 0.614. The number of anilines is 1. The largest absolute Gasteiger partial charge is 0.490 e. The first kappa shape index (κ1) is 16.7. The molecule has 116 valence electrons. The van der Waals surface area contributed by atoms with E-state index in [1.165, 1.54) is 19.2 Å². The van der Waals surface area contributed by atoms with Crippen LogP contribution in [0.5, 0.6) is 5.75 Å². The number of aliphatic carboxylic acids is 1. The average Bonchev–Trinajstić information content (AvgIpc) is 2.43. The molecule has 0 saturated heterocycles. The minimum Gasteiger partial charge on any atom is -0.490 e. The molecule has 0 heterocycles. The van der Waals surface area contributed by atoms with Crippen LogP contribution in [0.4, 0.5) is 11.4 Å². The van der Waals surface area contributed by atoms with Crippen LogP contribution in [0, 0.1) is 16.0 Å². The summed E-state index contributed by atoms with van der Waals surface area (Å²) in [6, 6.07) is 4.64. The third-order valence-electron chi connectivity index (χ3n) is 3.21. The van der Waals surface area contributed by atoms with Gasteiger partial charge in [-0.25, -0.2) is 0 Å². The van der Waals surface area contributed by atoms with E-state index >= 15 is 0 Å². The van der Waals surface area contributed by atoms with Crippen molar-refractivity contribution in [3.63, 3.8) is 0 Å². The highest BCUT2D eigenvalue weighted by molar-refractivity contribution is 5.71. The lowest BCUT2D eigenvalue weighted by atomic mass is 10.1. The topological polar surface area (TPSA) is 92.9 Å². The number of rotatable bonds is 7. The molecule has 0 saturated carbocycles. The van der Waals surface area contributed by atoms with Crippen molar-refractivity contribution < 1.29 is 19.6 Å². The number of nitro groups is 1. The zero-order valence-electron chi connectivity index (χ0n) is 12.6. The predicted molar refractivity (Wildman–Crippen MR) is 78.9 cm³/mol. The van der Waals surface area contributed by atoms with E-state index in [9.17, 15) is 14.9 Å². The lowest BCUT2D eigenvalue weighted by Gasteiger charge is -2.30. The molecule has 7 nitrogen and oxygen atoms in total. The van der Waals surface area contributed by atoms with E-state index in [1.807, 2.05) is 18.7 Å². The molecule has 1 rings (SSSR count). The van der Waals surface area contributed by atoms with Crippen molar-refractivity contribution in [1.29, 1.82) is 0 Å². The zero-order chi connectivity index (χ0) is 16.2. The Morgan fingerprint density at radius 1 is 1.43 bits per heavy atom. The number of hydrogen-bond acceptors (Lipinski definition) is 5. The maximum atomic E-state index is 11.1. The Bertz CT molecular complexity index is 530. The minimum atomic E-state index is -0.899. The fraction of sp³-hybridized carbons (Fsp3) is 0.500. The summed E-state index contributed by atoms with van der Waals surface area (Å²) in [6.07, 6.45) is 0. The summed E-state index contributed by atoms with van der Waals surface area (Å²) in [5.74, 6) is -1.30. The van der Waals surface area contributed by atoms with Gasteiger partial charge in [0.05, 0.1) is 18.0 Å². The Kier molecular flexibility index (Phi) is 5.52. The molecule has 1 atom stereocenters. The van der Waals surface area contributed by atoms with Gasteiger partial charge < -0.3 is 14.7 Å². The molecule has 1 N–H and O–H groups in total. The van der Waals surface area contributed by atoms with E-state index in [-0.39, 0.29) is 24.0 Å². The molecule has 1 unspecified atom stereocenters. The second-order valence-corrected chi connectivity index (χ2v) is 5.10. The van der Waals surface area contributed by atoms with Crippen LogP contribution in [0.25, 0.3) is 0 Å². The Morgan fingerprint density at radius 2 is 2.05 bits per heavy atom. The van der Waals surface area contributed by atoms with Gasteiger partial charge in [0, 0.05) is 24.3 Å². The highest BCUT2D eigenvalue weighted by Gasteiger charge is 2.22. The van der Waals surface area contributed by atoms with Crippen LogP contribution >= 0.6 is 0 Å². The summed E-state index contributed by atoms with van der Waals surface area (Å²) in [5, 5.41) is 20.1. The number of ether oxygens (including phenoxy) is 1. The normalized spacial score (nSPS) is 12.0.